The van der Waals surface area contributed by atoms with Gasteiger partial charge in [0.2, 0.25) is 0 Å². The Balaban J connectivity index is 2.75. The Morgan fingerprint density at radius 2 is 1.73 bits per heavy atom. The van der Waals surface area contributed by atoms with Crippen molar-refractivity contribution in [3.05, 3.63) is 12.1 Å². The second kappa shape index (κ2) is 3.63. The van der Waals surface area contributed by atoms with Crippen molar-refractivity contribution in [2.75, 3.05) is 0 Å². The molecule has 76 valence electrons. The normalized spacial score (nSPS) is 10.7. The molecule has 5 N–H and O–H groups in total. The van der Waals surface area contributed by atoms with Gasteiger partial charge in [0.05, 0.1) is 0 Å². The molecule has 0 aliphatic heterocycles. The fraction of sp³-hybridized carbons (Fsp3) is 0. The lowest BCUT2D eigenvalue weighted by Crippen LogP contribution is -2.49. The van der Waals surface area contributed by atoms with Crippen LogP contribution in [0.25, 0.3) is 11.0 Å². The van der Waals surface area contributed by atoms with E-state index in [0.29, 0.717) is 5.52 Å². The van der Waals surface area contributed by atoms with E-state index in [9.17, 15) is 0 Å². The third-order valence-corrected chi connectivity index (χ3v) is 2.10. The standard InChI is InChI=1S/C6H7B2N3O4/c12-7(13)3-1-2-4-6(10-11-9-4)5(3)8(14)15/h1-2,12-15H,(H,9,10,11). The molecule has 1 aromatic carbocycles. The summed E-state index contributed by atoms with van der Waals surface area (Å²) in [4.78, 5) is 0. The maximum Gasteiger partial charge on any atom is 0.490 e. The van der Waals surface area contributed by atoms with Crippen LogP contribution in [0.2, 0.25) is 0 Å². The molecule has 2 rings (SSSR count). The van der Waals surface area contributed by atoms with E-state index in [1.165, 1.54) is 12.1 Å². The number of aromatic amines is 1. The van der Waals surface area contributed by atoms with Crippen LogP contribution in [0.1, 0.15) is 0 Å². The Bertz CT molecular complexity index is 486. The van der Waals surface area contributed by atoms with Crippen LogP contribution in [-0.2, 0) is 0 Å². The molecule has 1 heterocycles. The first kappa shape index (κ1) is 10.1. The van der Waals surface area contributed by atoms with Crippen molar-refractivity contribution in [2.24, 2.45) is 0 Å². The zero-order valence-corrected chi connectivity index (χ0v) is 7.49. The molecular formula is C6H7B2N3O4. The Morgan fingerprint density at radius 1 is 1.00 bits per heavy atom. The molecule has 0 radical (unpaired) electrons. The van der Waals surface area contributed by atoms with E-state index in [-0.39, 0.29) is 16.4 Å². The monoisotopic (exact) mass is 207 g/mol. The van der Waals surface area contributed by atoms with Gasteiger partial charge in [-0.25, -0.2) is 0 Å². The lowest BCUT2D eigenvalue weighted by atomic mass is 9.65. The second-order valence-electron chi connectivity index (χ2n) is 3.01. The first-order valence-corrected chi connectivity index (χ1v) is 4.17. The van der Waals surface area contributed by atoms with E-state index in [2.05, 4.69) is 15.4 Å². The predicted molar refractivity (Wildman–Crippen MR) is 53.5 cm³/mol. The topological polar surface area (TPSA) is 122 Å². The van der Waals surface area contributed by atoms with E-state index in [1.807, 2.05) is 0 Å². The van der Waals surface area contributed by atoms with Crippen molar-refractivity contribution in [3.63, 3.8) is 0 Å². The summed E-state index contributed by atoms with van der Waals surface area (Å²) in [5.74, 6) is 0. The highest BCUT2D eigenvalue weighted by Crippen LogP contribution is 2.03. The zero-order valence-electron chi connectivity index (χ0n) is 7.49. The number of nitrogens with zero attached hydrogens (tertiary/aromatic N) is 2. The van der Waals surface area contributed by atoms with Gasteiger partial charge in [-0.3, -0.25) is 0 Å². The van der Waals surface area contributed by atoms with Crippen molar-refractivity contribution in [1.82, 2.24) is 15.4 Å². The predicted octanol–water partition coefficient (Wildman–Crippen LogP) is -3.68. The molecule has 15 heavy (non-hydrogen) atoms. The first-order chi connectivity index (χ1) is 7.11. The average Bonchev–Trinajstić information content (AvgIpc) is 2.62. The smallest absolute Gasteiger partial charge is 0.423 e. The Morgan fingerprint density at radius 3 is 2.33 bits per heavy atom. The molecule has 0 amide bonds. The Labute approximate surface area is 84.7 Å². The summed E-state index contributed by atoms with van der Waals surface area (Å²) in [5.41, 5.74) is 0.556. The molecule has 0 atom stereocenters. The molecule has 0 bridgehead atoms. The van der Waals surface area contributed by atoms with E-state index in [4.69, 9.17) is 20.1 Å². The van der Waals surface area contributed by atoms with E-state index < -0.39 is 14.2 Å². The van der Waals surface area contributed by atoms with Crippen LogP contribution >= 0.6 is 0 Å². The summed E-state index contributed by atoms with van der Waals surface area (Å²) in [5, 5.41) is 46.1. The minimum Gasteiger partial charge on any atom is -0.423 e. The summed E-state index contributed by atoms with van der Waals surface area (Å²) in [6.45, 7) is 0. The minimum atomic E-state index is -1.84. The van der Waals surface area contributed by atoms with Gasteiger partial charge in [0.15, 0.2) is 0 Å². The van der Waals surface area contributed by atoms with Crippen LogP contribution in [0, 0.1) is 0 Å². The van der Waals surface area contributed by atoms with Gasteiger partial charge < -0.3 is 20.1 Å². The maximum absolute atomic E-state index is 9.12. The third kappa shape index (κ3) is 1.61. The van der Waals surface area contributed by atoms with Crippen LogP contribution in [-0.4, -0.2) is 49.7 Å². The largest absolute Gasteiger partial charge is 0.490 e. The summed E-state index contributed by atoms with van der Waals surface area (Å²) < 4.78 is 0. The van der Waals surface area contributed by atoms with Gasteiger partial charge in [0.25, 0.3) is 0 Å². The molecule has 0 saturated carbocycles. The molecular weight excluding hydrogens is 200 g/mol. The number of rotatable bonds is 2. The molecule has 0 fully saturated rings. The number of fused-ring (bicyclic) bond motifs is 1. The zero-order chi connectivity index (χ0) is 11.0. The molecule has 2 aromatic rings. The Hall–Kier alpha value is -1.41. The van der Waals surface area contributed by atoms with Gasteiger partial charge >= 0.3 is 14.2 Å². The van der Waals surface area contributed by atoms with Crippen LogP contribution in [0.5, 0.6) is 0 Å². The van der Waals surface area contributed by atoms with Gasteiger partial charge in [-0.2, -0.15) is 15.4 Å². The molecule has 9 heteroatoms. The summed E-state index contributed by atoms with van der Waals surface area (Å²) in [6.07, 6.45) is 0. The van der Waals surface area contributed by atoms with Gasteiger partial charge in [-0.15, -0.1) is 0 Å². The molecule has 0 saturated heterocycles. The van der Waals surface area contributed by atoms with Gasteiger partial charge in [0, 0.05) is 5.46 Å². The Kier molecular flexibility index (Phi) is 2.45. The fourth-order valence-electron chi connectivity index (χ4n) is 1.45. The van der Waals surface area contributed by atoms with Crippen LogP contribution in [0.15, 0.2) is 12.1 Å². The summed E-state index contributed by atoms with van der Waals surface area (Å²) in [7, 11) is -3.63. The van der Waals surface area contributed by atoms with Crippen LogP contribution in [0.4, 0.5) is 0 Å². The van der Waals surface area contributed by atoms with E-state index >= 15 is 0 Å². The van der Waals surface area contributed by atoms with Crippen molar-refractivity contribution < 1.29 is 20.1 Å². The van der Waals surface area contributed by atoms with E-state index in [1.54, 1.807) is 0 Å². The quantitative estimate of drug-likeness (QED) is 0.323. The maximum atomic E-state index is 9.12. The van der Waals surface area contributed by atoms with Crippen LogP contribution in [0.3, 0.4) is 0 Å². The number of H-pyrrole nitrogens is 1. The third-order valence-electron chi connectivity index (χ3n) is 2.10. The number of hydrogen-bond donors (Lipinski definition) is 5. The second-order valence-corrected chi connectivity index (χ2v) is 3.01. The van der Waals surface area contributed by atoms with Gasteiger partial charge in [-0.1, -0.05) is 6.07 Å². The molecule has 1 aromatic heterocycles. The van der Waals surface area contributed by atoms with Crippen molar-refractivity contribution in [2.45, 2.75) is 0 Å². The van der Waals surface area contributed by atoms with Crippen molar-refractivity contribution in [1.29, 1.82) is 0 Å². The highest BCUT2D eigenvalue weighted by Gasteiger charge is 2.27. The van der Waals surface area contributed by atoms with Crippen molar-refractivity contribution >= 4 is 36.2 Å². The number of aromatic nitrogens is 3. The lowest BCUT2D eigenvalue weighted by molar-refractivity contribution is 0.419. The fourth-order valence-corrected chi connectivity index (χ4v) is 1.45. The van der Waals surface area contributed by atoms with Gasteiger partial charge in [-0.05, 0) is 11.5 Å². The molecule has 0 spiro atoms. The molecule has 0 aliphatic carbocycles. The molecule has 0 unspecified atom stereocenters. The summed E-state index contributed by atoms with van der Waals surface area (Å²) >= 11 is 0. The average molecular weight is 207 g/mol. The minimum absolute atomic E-state index is 0.00796. The lowest BCUT2D eigenvalue weighted by Gasteiger charge is -2.07. The van der Waals surface area contributed by atoms with Crippen molar-refractivity contribution in [3.8, 4) is 0 Å². The molecule has 0 aliphatic rings. The van der Waals surface area contributed by atoms with E-state index in [0.717, 1.165) is 0 Å². The highest BCUT2D eigenvalue weighted by molar-refractivity contribution is 6.73. The number of nitrogens with one attached hydrogen (secondary N) is 1. The van der Waals surface area contributed by atoms with Crippen LogP contribution < -0.4 is 10.9 Å². The molecule has 7 nitrogen and oxygen atoms in total. The SMILES string of the molecule is OB(O)c1ccc2n[nH]nc2c1B(O)O. The first-order valence-electron chi connectivity index (χ1n) is 4.17. The van der Waals surface area contributed by atoms with Gasteiger partial charge in [0.1, 0.15) is 11.0 Å². The highest BCUT2D eigenvalue weighted by atomic mass is 16.4. The summed E-state index contributed by atoms with van der Waals surface area (Å²) in [6, 6.07) is 2.85. The number of benzene rings is 1. The number of hydrogen-bond acceptors (Lipinski definition) is 6.